The zero-order chi connectivity index (χ0) is 13.6. The minimum atomic E-state index is 0.243. The van der Waals surface area contributed by atoms with E-state index in [9.17, 15) is 0 Å². The van der Waals surface area contributed by atoms with Gasteiger partial charge in [-0.2, -0.15) is 0 Å². The predicted octanol–water partition coefficient (Wildman–Crippen LogP) is 3.46. The van der Waals surface area contributed by atoms with Crippen molar-refractivity contribution in [1.29, 1.82) is 0 Å². The Balaban J connectivity index is 2.42. The molecule has 1 aromatic rings. The largest absolute Gasteiger partial charge is 0.373 e. The van der Waals surface area contributed by atoms with Crippen molar-refractivity contribution in [2.75, 3.05) is 25.0 Å². The number of anilines is 1. The standard InChI is InChI=1S/C16H28N2/c1-6-14-8-10-15(11-9-14)18(5)13-12-17-16(3,4)7-2/h8-11,17H,6-7,12-13H2,1-5H3. The van der Waals surface area contributed by atoms with Crippen molar-refractivity contribution in [2.45, 2.75) is 46.1 Å². The fourth-order valence-corrected chi connectivity index (χ4v) is 1.80. The molecule has 0 aliphatic rings. The third-order valence-corrected chi connectivity index (χ3v) is 3.72. The van der Waals surface area contributed by atoms with Gasteiger partial charge < -0.3 is 10.2 Å². The van der Waals surface area contributed by atoms with Gasteiger partial charge in [0, 0.05) is 31.4 Å². The summed E-state index contributed by atoms with van der Waals surface area (Å²) in [6, 6.07) is 8.86. The molecule has 102 valence electrons. The number of nitrogens with one attached hydrogen (secondary N) is 1. The predicted molar refractivity (Wildman–Crippen MR) is 81.5 cm³/mol. The molecule has 0 aliphatic carbocycles. The summed E-state index contributed by atoms with van der Waals surface area (Å²) in [4.78, 5) is 2.30. The molecule has 1 rings (SSSR count). The average Bonchev–Trinajstić information content (AvgIpc) is 2.38. The quantitative estimate of drug-likeness (QED) is 0.795. The fraction of sp³-hybridized carbons (Fsp3) is 0.625. The zero-order valence-corrected chi connectivity index (χ0v) is 12.6. The van der Waals surface area contributed by atoms with Gasteiger partial charge in [-0.25, -0.2) is 0 Å². The highest BCUT2D eigenvalue weighted by molar-refractivity contribution is 5.46. The Labute approximate surface area is 112 Å². The van der Waals surface area contributed by atoms with Crippen LogP contribution in [0.15, 0.2) is 24.3 Å². The van der Waals surface area contributed by atoms with Crippen molar-refractivity contribution in [1.82, 2.24) is 5.32 Å². The molecule has 0 aromatic heterocycles. The summed E-state index contributed by atoms with van der Waals surface area (Å²) in [6.07, 6.45) is 2.26. The molecule has 0 radical (unpaired) electrons. The summed E-state index contributed by atoms with van der Waals surface area (Å²) in [5.41, 5.74) is 2.94. The van der Waals surface area contributed by atoms with Gasteiger partial charge in [0.25, 0.3) is 0 Å². The Hall–Kier alpha value is -1.02. The monoisotopic (exact) mass is 248 g/mol. The van der Waals surface area contributed by atoms with E-state index in [1.807, 2.05) is 0 Å². The summed E-state index contributed by atoms with van der Waals surface area (Å²) in [7, 11) is 2.15. The van der Waals surface area contributed by atoms with Crippen LogP contribution in [0.1, 0.15) is 39.7 Å². The summed E-state index contributed by atoms with van der Waals surface area (Å²) in [5, 5.41) is 3.59. The molecule has 1 N–H and O–H groups in total. The summed E-state index contributed by atoms with van der Waals surface area (Å²) in [6.45, 7) is 11.0. The lowest BCUT2D eigenvalue weighted by Crippen LogP contribution is -2.42. The lowest BCUT2D eigenvalue weighted by atomic mass is 10.0. The first kappa shape index (κ1) is 15.0. The molecular weight excluding hydrogens is 220 g/mol. The van der Waals surface area contributed by atoms with Gasteiger partial charge in [0.1, 0.15) is 0 Å². The highest BCUT2D eigenvalue weighted by atomic mass is 15.1. The second-order valence-electron chi connectivity index (χ2n) is 5.61. The Kier molecular flexibility index (Phi) is 5.67. The lowest BCUT2D eigenvalue weighted by molar-refractivity contribution is 0.381. The third kappa shape index (κ3) is 4.69. The zero-order valence-electron chi connectivity index (χ0n) is 12.6. The van der Waals surface area contributed by atoms with E-state index in [1.54, 1.807) is 0 Å². The van der Waals surface area contributed by atoms with E-state index in [2.05, 4.69) is 69.2 Å². The van der Waals surface area contributed by atoms with Crippen LogP contribution in [0.25, 0.3) is 0 Å². The first-order valence-electron chi connectivity index (χ1n) is 7.03. The van der Waals surface area contributed by atoms with Crippen LogP contribution in [0.4, 0.5) is 5.69 Å². The van der Waals surface area contributed by atoms with Crippen molar-refractivity contribution in [3.8, 4) is 0 Å². The Morgan fingerprint density at radius 3 is 2.22 bits per heavy atom. The van der Waals surface area contributed by atoms with E-state index in [-0.39, 0.29) is 5.54 Å². The van der Waals surface area contributed by atoms with Gasteiger partial charge in [0.2, 0.25) is 0 Å². The van der Waals surface area contributed by atoms with Crippen LogP contribution in [0.2, 0.25) is 0 Å². The molecule has 0 bridgehead atoms. The molecule has 0 saturated heterocycles. The molecule has 18 heavy (non-hydrogen) atoms. The second kappa shape index (κ2) is 6.79. The van der Waals surface area contributed by atoms with Crippen LogP contribution in [-0.2, 0) is 6.42 Å². The van der Waals surface area contributed by atoms with Gasteiger partial charge >= 0.3 is 0 Å². The molecule has 0 heterocycles. The Morgan fingerprint density at radius 1 is 1.11 bits per heavy atom. The second-order valence-corrected chi connectivity index (χ2v) is 5.61. The van der Waals surface area contributed by atoms with Gasteiger partial charge in [-0.3, -0.25) is 0 Å². The number of nitrogens with zero attached hydrogens (tertiary/aromatic N) is 1. The van der Waals surface area contributed by atoms with Crippen LogP contribution >= 0.6 is 0 Å². The number of hydrogen-bond acceptors (Lipinski definition) is 2. The molecule has 2 heteroatoms. The molecule has 0 amide bonds. The smallest absolute Gasteiger partial charge is 0.0364 e. The van der Waals surface area contributed by atoms with Crippen LogP contribution in [0.5, 0.6) is 0 Å². The van der Waals surface area contributed by atoms with Crippen LogP contribution in [0, 0.1) is 0 Å². The number of rotatable bonds is 7. The van der Waals surface area contributed by atoms with Crippen molar-refractivity contribution in [3.63, 3.8) is 0 Å². The van der Waals surface area contributed by atoms with E-state index >= 15 is 0 Å². The van der Waals surface area contributed by atoms with Crippen molar-refractivity contribution in [3.05, 3.63) is 29.8 Å². The van der Waals surface area contributed by atoms with Crippen molar-refractivity contribution >= 4 is 5.69 Å². The van der Waals surface area contributed by atoms with Gasteiger partial charge in [0.15, 0.2) is 0 Å². The van der Waals surface area contributed by atoms with E-state index in [0.29, 0.717) is 0 Å². The molecular formula is C16H28N2. The maximum atomic E-state index is 3.59. The third-order valence-electron chi connectivity index (χ3n) is 3.72. The summed E-state index contributed by atoms with van der Waals surface area (Å²) >= 11 is 0. The summed E-state index contributed by atoms with van der Waals surface area (Å²) in [5.74, 6) is 0. The van der Waals surface area contributed by atoms with E-state index < -0.39 is 0 Å². The molecule has 0 unspecified atom stereocenters. The maximum absolute atomic E-state index is 3.59. The molecule has 0 spiro atoms. The summed E-state index contributed by atoms with van der Waals surface area (Å²) < 4.78 is 0. The van der Waals surface area contributed by atoms with Gasteiger partial charge in [-0.1, -0.05) is 26.0 Å². The van der Waals surface area contributed by atoms with E-state index in [0.717, 1.165) is 25.9 Å². The molecule has 2 nitrogen and oxygen atoms in total. The lowest BCUT2D eigenvalue weighted by Gasteiger charge is -2.27. The van der Waals surface area contributed by atoms with E-state index in [1.165, 1.54) is 11.3 Å². The molecule has 0 atom stereocenters. The van der Waals surface area contributed by atoms with Crippen LogP contribution in [0.3, 0.4) is 0 Å². The van der Waals surface area contributed by atoms with Crippen LogP contribution < -0.4 is 10.2 Å². The first-order chi connectivity index (χ1) is 8.48. The molecule has 0 aliphatic heterocycles. The van der Waals surface area contributed by atoms with Crippen molar-refractivity contribution < 1.29 is 0 Å². The number of aryl methyl sites for hydroxylation is 1. The topological polar surface area (TPSA) is 15.3 Å². The SMILES string of the molecule is CCc1ccc(N(C)CCNC(C)(C)CC)cc1. The van der Waals surface area contributed by atoms with Gasteiger partial charge in [0.05, 0.1) is 0 Å². The fourth-order valence-electron chi connectivity index (χ4n) is 1.80. The molecule has 1 aromatic carbocycles. The van der Waals surface area contributed by atoms with Crippen molar-refractivity contribution in [2.24, 2.45) is 0 Å². The van der Waals surface area contributed by atoms with Gasteiger partial charge in [-0.05, 0) is 44.4 Å². The Morgan fingerprint density at radius 2 is 1.72 bits per heavy atom. The van der Waals surface area contributed by atoms with E-state index in [4.69, 9.17) is 0 Å². The highest BCUT2D eigenvalue weighted by Crippen LogP contribution is 2.14. The van der Waals surface area contributed by atoms with Gasteiger partial charge in [-0.15, -0.1) is 0 Å². The minimum Gasteiger partial charge on any atom is -0.373 e. The number of likely N-dealkylation sites (N-methyl/N-ethyl adjacent to an activating group) is 1. The normalized spacial score (nSPS) is 11.6. The average molecular weight is 248 g/mol. The first-order valence-corrected chi connectivity index (χ1v) is 7.03. The molecule has 0 saturated carbocycles. The number of hydrogen-bond donors (Lipinski definition) is 1. The Bertz CT molecular complexity index is 341. The van der Waals surface area contributed by atoms with Crippen LogP contribution in [-0.4, -0.2) is 25.7 Å². The minimum absolute atomic E-state index is 0.243. The number of benzene rings is 1. The maximum Gasteiger partial charge on any atom is 0.0364 e. The molecule has 0 fully saturated rings. The highest BCUT2D eigenvalue weighted by Gasteiger charge is 2.13.